The minimum atomic E-state index is -4.47. The van der Waals surface area contributed by atoms with Crippen molar-refractivity contribution in [1.29, 1.82) is 0 Å². The number of rotatable bonds is 7. The van der Waals surface area contributed by atoms with Crippen LogP contribution < -0.4 is 15.4 Å². The first kappa shape index (κ1) is 18.3. The van der Waals surface area contributed by atoms with Crippen LogP contribution >= 0.6 is 0 Å². The van der Waals surface area contributed by atoms with E-state index >= 15 is 0 Å². The van der Waals surface area contributed by atoms with Crippen molar-refractivity contribution in [3.05, 3.63) is 23.8 Å². The maximum absolute atomic E-state index is 12.8. The Bertz CT molecular complexity index is 504. The molecular weight excluding hydrogens is 297 g/mol. The van der Waals surface area contributed by atoms with Crippen LogP contribution in [0.2, 0.25) is 0 Å². The van der Waals surface area contributed by atoms with Gasteiger partial charge in [-0.3, -0.25) is 4.79 Å². The van der Waals surface area contributed by atoms with E-state index in [0.717, 1.165) is 12.1 Å². The summed E-state index contributed by atoms with van der Waals surface area (Å²) < 4.78 is 43.8. The fraction of sp³-hybridized carbons (Fsp3) is 0.533. The van der Waals surface area contributed by atoms with E-state index < -0.39 is 11.7 Å². The maximum atomic E-state index is 12.8. The molecule has 1 aromatic carbocycles. The van der Waals surface area contributed by atoms with Crippen molar-refractivity contribution in [1.82, 2.24) is 5.32 Å². The minimum Gasteiger partial charge on any atom is -0.491 e. The number of ether oxygens (including phenoxy) is 1. The monoisotopic (exact) mass is 318 g/mol. The summed E-state index contributed by atoms with van der Waals surface area (Å²) in [5.74, 6) is -0.506. The van der Waals surface area contributed by atoms with Crippen molar-refractivity contribution in [3.63, 3.8) is 0 Å². The summed E-state index contributed by atoms with van der Waals surface area (Å²) in [4.78, 5) is 12.0. The van der Waals surface area contributed by atoms with Crippen LogP contribution in [0, 0.1) is 5.92 Å². The molecule has 0 radical (unpaired) electrons. The summed E-state index contributed by atoms with van der Waals surface area (Å²) in [5, 5.41) is 5.36. The number of carbonyl (C=O) groups is 1. The molecule has 0 aliphatic carbocycles. The third kappa shape index (κ3) is 5.22. The van der Waals surface area contributed by atoms with Crippen molar-refractivity contribution >= 4 is 11.6 Å². The molecule has 0 fully saturated rings. The van der Waals surface area contributed by atoms with E-state index in [1.165, 1.54) is 6.07 Å². The molecule has 2 N–H and O–H groups in total. The molecule has 7 heteroatoms. The minimum absolute atomic E-state index is 0.0382. The summed E-state index contributed by atoms with van der Waals surface area (Å²) in [6, 6.07) is 3.07. The van der Waals surface area contributed by atoms with Crippen molar-refractivity contribution < 1.29 is 22.7 Å². The average Bonchev–Trinajstić information content (AvgIpc) is 2.45. The van der Waals surface area contributed by atoms with Crippen molar-refractivity contribution in [2.75, 3.05) is 25.5 Å². The number of nitrogens with one attached hydrogen (secondary N) is 2. The molecule has 1 amide bonds. The highest BCUT2D eigenvalue weighted by molar-refractivity contribution is 5.94. The summed E-state index contributed by atoms with van der Waals surface area (Å²) in [6.07, 6.45) is -3.76. The van der Waals surface area contributed by atoms with E-state index in [9.17, 15) is 18.0 Å². The zero-order chi connectivity index (χ0) is 16.8. The van der Waals surface area contributed by atoms with Gasteiger partial charge in [0.25, 0.3) is 0 Å². The Morgan fingerprint density at radius 3 is 2.59 bits per heavy atom. The SMILES string of the molecule is CCCOc1ccc(C(F)(F)F)cc1NC(=O)C(C)CNC. The van der Waals surface area contributed by atoms with Crippen LogP contribution in [-0.4, -0.2) is 26.1 Å². The molecule has 1 rings (SSSR count). The van der Waals surface area contributed by atoms with Gasteiger partial charge in [-0.2, -0.15) is 13.2 Å². The number of anilines is 1. The molecule has 4 nitrogen and oxygen atoms in total. The van der Waals surface area contributed by atoms with E-state index in [2.05, 4.69) is 10.6 Å². The predicted octanol–water partition coefficient (Wildman–Crippen LogP) is 3.29. The number of hydrogen-bond donors (Lipinski definition) is 2. The molecule has 0 heterocycles. The Labute approximate surface area is 128 Å². The van der Waals surface area contributed by atoms with Gasteiger partial charge in [0.1, 0.15) is 5.75 Å². The fourth-order valence-electron chi connectivity index (χ4n) is 1.80. The first-order valence-corrected chi connectivity index (χ1v) is 7.09. The van der Waals surface area contributed by atoms with Crippen molar-refractivity contribution in [2.24, 2.45) is 5.92 Å². The van der Waals surface area contributed by atoms with Crippen molar-refractivity contribution in [2.45, 2.75) is 26.4 Å². The molecule has 0 aromatic heterocycles. The van der Waals surface area contributed by atoms with Gasteiger partial charge in [-0.05, 0) is 31.7 Å². The van der Waals surface area contributed by atoms with Gasteiger partial charge in [-0.15, -0.1) is 0 Å². The lowest BCUT2D eigenvalue weighted by molar-refractivity contribution is -0.137. The van der Waals surface area contributed by atoms with Crippen LogP contribution in [0.5, 0.6) is 5.75 Å². The first-order valence-electron chi connectivity index (χ1n) is 7.09. The highest BCUT2D eigenvalue weighted by Gasteiger charge is 2.31. The lowest BCUT2D eigenvalue weighted by Gasteiger charge is -2.17. The molecular formula is C15H21F3N2O2. The molecule has 0 saturated heterocycles. The number of carbonyl (C=O) groups excluding carboxylic acids is 1. The smallest absolute Gasteiger partial charge is 0.416 e. The molecule has 22 heavy (non-hydrogen) atoms. The second kappa shape index (κ2) is 8.03. The van der Waals surface area contributed by atoms with E-state index in [-0.39, 0.29) is 23.3 Å². The van der Waals surface area contributed by atoms with Gasteiger partial charge in [0.05, 0.1) is 17.9 Å². The summed E-state index contributed by atoms with van der Waals surface area (Å²) in [6.45, 7) is 4.36. The number of alkyl halides is 3. The van der Waals surface area contributed by atoms with Gasteiger partial charge in [0.15, 0.2) is 0 Å². The highest BCUT2D eigenvalue weighted by atomic mass is 19.4. The van der Waals surface area contributed by atoms with Gasteiger partial charge in [-0.1, -0.05) is 13.8 Å². The van der Waals surface area contributed by atoms with Gasteiger partial charge >= 0.3 is 6.18 Å². The van der Waals surface area contributed by atoms with Crippen LogP contribution in [0.3, 0.4) is 0 Å². The largest absolute Gasteiger partial charge is 0.491 e. The fourth-order valence-corrected chi connectivity index (χ4v) is 1.80. The summed E-state index contributed by atoms with van der Waals surface area (Å²) in [7, 11) is 1.70. The van der Waals surface area contributed by atoms with E-state index in [0.29, 0.717) is 19.6 Å². The second-order valence-electron chi connectivity index (χ2n) is 5.01. The predicted molar refractivity (Wildman–Crippen MR) is 79.0 cm³/mol. The Morgan fingerprint density at radius 2 is 2.05 bits per heavy atom. The molecule has 0 aliphatic rings. The van der Waals surface area contributed by atoms with Crippen LogP contribution in [-0.2, 0) is 11.0 Å². The maximum Gasteiger partial charge on any atom is 0.416 e. The molecule has 1 unspecified atom stereocenters. The lowest BCUT2D eigenvalue weighted by Crippen LogP contribution is -2.29. The van der Waals surface area contributed by atoms with Gasteiger partial charge in [-0.25, -0.2) is 0 Å². The molecule has 124 valence electrons. The third-order valence-electron chi connectivity index (χ3n) is 2.98. The van der Waals surface area contributed by atoms with Gasteiger partial charge in [0, 0.05) is 12.5 Å². The summed E-state index contributed by atoms with van der Waals surface area (Å²) in [5.41, 5.74) is -0.788. The molecule has 0 bridgehead atoms. The zero-order valence-corrected chi connectivity index (χ0v) is 12.9. The average molecular weight is 318 g/mol. The second-order valence-corrected chi connectivity index (χ2v) is 5.01. The summed E-state index contributed by atoms with van der Waals surface area (Å²) >= 11 is 0. The number of amides is 1. The standard InChI is InChI=1S/C15H21F3N2O2/c1-4-7-22-13-6-5-11(15(16,17)18)8-12(13)20-14(21)10(2)9-19-3/h5-6,8,10,19H,4,7,9H2,1-3H3,(H,20,21). The molecule has 0 saturated carbocycles. The molecule has 1 aromatic rings. The Morgan fingerprint density at radius 1 is 1.36 bits per heavy atom. The third-order valence-corrected chi connectivity index (χ3v) is 2.98. The lowest BCUT2D eigenvalue weighted by atomic mass is 10.1. The van der Waals surface area contributed by atoms with Gasteiger partial charge < -0.3 is 15.4 Å². The topological polar surface area (TPSA) is 50.4 Å². The first-order chi connectivity index (χ1) is 10.3. The Balaban J connectivity index is 3.03. The van der Waals surface area contributed by atoms with Crippen molar-refractivity contribution in [3.8, 4) is 5.75 Å². The van der Waals surface area contributed by atoms with Crippen LogP contribution in [0.1, 0.15) is 25.8 Å². The highest BCUT2D eigenvalue weighted by Crippen LogP contribution is 2.35. The molecule has 0 spiro atoms. The number of halogens is 3. The molecule has 1 atom stereocenters. The van der Waals surface area contributed by atoms with E-state index in [1.807, 2.05) is 6.92 Å². The number of hydrogen-bond acceptors (Lipinski definition) is 3. The Hall–Kier alpha value is -1.76. The zero-order valence-electron chi connectivity index (χ0n) is 12.9. The van der Waals surface area contributed by atoms with Crippen LogP contribution in [0.15, 0.2) is 18.2 Å². The quantitative estimate of drug-likeness (QED) is 0.811. The van der Waals surface area contributed by atoms with E-state index in [1.54, 1.807) is 14.0 Å². The number of benzene rings is 1. The van der Waals surface area contributed by atoms with Gasteiger partial charge in [0.2, 0.25) is 5.91 Å². The normalized spacial score (nSPS) is 12.8. The van der Waals surface area contributed by atoms with Crippen LogP contribution in [0.4, 0.5) is 18.9 Å². The van der Waals surface area contributed by atoms with Crippen LogP contribution in [0.25, 0.3) is 0 Å². The van der Waals surface area contributed by atoms with E-state index in [4.69, 9.17) is 4.74 Å². The Kier molecular flexibility index (Phi) is 6.67. The molecule has 0 aliphatic heterocycles.